The predicted octanol–water partition coefficient (Wildman–Crippen LogP) is 3.03. The molecule has 0 aromatic heterocycles. The van der Waals surface area contributed by atoms with Crippen LogP contribution in [0.1, 0.15) is 31.9 Å². The Morgan fingerprint density at radius 1 is 1.13 bits per heavy atom. The van der Waals surface area contributed by atoms with Gasteiger partial charge in [-0.05, 0) is 17.0 Å². The van der Waals surface area contributed by atoms with E-state index < -0.39 is 12.5 Å². The number of benzene rings is 1. The molecule has 0 heterocycles. The van der Waals surface area contributed by atoms with Crippen LogP contribution < -0.4 is 5.73 Å². The van der Waals surface area contributed by atoms with Gasteiger partial charge < -0.3 is 5.73 Å². The van der Waals surface area contributed by atoms with Crippen molar-refractivity contribution in [3.8, 4) is 0 Å². The van der Waals surface area contributed by atoms with Crippen molar-refractivity contribution in [3.63, 3.8) is 0 Å². The summed E-state index contributed by atoms with van der Waals surface area (Å²) >= 11 is 0. The second-order valence-electron chi connectivity index (χ2n) is 4.74. The Morgan fingerprint density at radius 3 is 2.13 bits per heavy atom. The maximum atomic E-state index is 13.3. The Hall–Kier alpha value is -0.960. The van der Waals surface area contributed by atoms with Crippen LogP contribution in [0.25, 0.3) is 0 Å². The van der Waals surface area contributed by atoms with Crippen molar-refractivity contribution < 1.29 is 8.78 Å². The molecule has 0 aliphatic carbocycles. The summed E-state index contributed by atoms with van der Waals surface area (Å²) in [6.07, 6.45) is 0. The fourth-order valence-electron chi connectivity index (χ4n) is 1.33. The Bertz CT molecular complexity index is 340. The summed E-state index contributed by atoms with van der Waals surface area (Å²) in [5, 5.41) is 0. The molecule has 0 fully saturated rings. The van der Waals surface area contributed by atoms with Gasteiger partial charge in [0.1, 0.15) is 0 Å². The van der Waals surface area contributed by atoms with Crippen molar-refractivity contribution in [3.05, 3.63) is 35.4 Å². The number of rotatable bonds is 2. The van der Waals surface area contributed by atoms with Gasteiger partial charge in [-0.1, -0.05) is 39.0 Å². The van der Waals surface area contributed by atoms with Crippen LogP contribution in [0, 0.1) is 0 Å². The molecule has 0 spiro atoms. The molecule has 1 aromatic rings. The van der Waals surface area contributed by atoms with Crippen molar-refractivity contribution in [2.45, 2.75) is 32.1 Å². The topological polar surface area (TPSA) is 26.0 Å². The highest BCUT2D eigenvalue weighted by atomic mass is 19.3. The van der Waals surface area contributed by atoms with Crippen LogP contribution in [-0.2, 0) is 11.3 Å². The molecule has 2 N–H and O–H groups in total. The van der Waals surface area contributed by atoms with E-state index in [4.69, 9.17) is 5.73 Å². The minimum absolute atomic E-state index is 0.00238. The second-order valence-corrected chi connectivity index (χ2v) is 4.74. The summed E-state index contributed by atoms with van der Waals surface area (Å²) < 4.78 is 26.7. The number of nitrogens with two attached hydrogens (primary N) is 1. The number of alkyl halides is 2. The molecular formula is C12H17F2N. The van der Waals surface area contributed by atoms with Crippen LogP contribution in [0.2, 0.25) is 0 Å². The molecule has 0 amide bonds. The summed E-state index contributed by atoms with van der Waals surface area (Å²) in [7, 11) is 0. The highest BCUT2D eigenvalue weighted by Crippen LogP contribution is 2.30. The van der Waals surface area contributed by atoms with Gasteiger partial charge in [0.15, 0.2) is 0 Å². The van der Waals surface area contributed by atoms with Gasteiger partial charge in [0.2, 0.25) is 0 Å². The van der Waals surface area contributed by atoms with Gasteiger partial charge in [-0.15, -0.1) is 0 Å². The second kappa shape index (κ2) is 3.89. The van der Waals surface area contributed by atoms with Gasteiger partial charge in [-0.25, -0.2) is 0 Å². The lowest BCUT2D eigenvalue weighted by atomic mass is 9.85. The van der Waals surface area contributed by atoms with E-state index in [0.717, 1.165) is 5.56 Å². The van der Waals surface area contributed by atoms with Crippen molar-refractivity contribution in [1.82, 2.24) is 0 Å². The first-order valence-corrected chi connectivity index (χ1v) is 4.96. The number of hydrogen-bond donors (Lipinski definition) is 1. The number of halogens is 2. The van der Waals surface area contributed by atoms with Crippen molar-refractivity contribution in [1.29, 1.82) is 0 Å². The predicted molar refractivity (Wildman–Crippen MR) is 58.1 cm³/mol. The molecule has 3 heteroatoms. The summed E-state index contributed by atoms with van der Waals surface area (Å²) in [6, 6.07) is 6.46. The molecule has 0 unspecified atom stereocenters. The molecule has 0 bridgehead atoms. The third-order valence-electron chi connectivity index (χ3n) is 2.41. The van der Waals surface area contributed by atoms with Crippen molar-refractivity contribution in [2.75, 3.05) is 6.54 Å². The molecule has 1 aromatic carbocycles. The fourth-order valence-corrected chi connectivity index (χ4v) is 1.33. The fraction of sp³-hybridized carbons (Fsp3) is 0.500. The molecule has 1 rings (SSSR count). The highest BCUT2D eigenvalue weighted by Gasteiger charge is 2.30. The lowest BCUT2D eigenvalue weighted by Crippen LogP contribution is -2.25. The van der Waals surface area contributed by atoms with Gasteiger partial charge in [0, 0.05) is 5.56 Å². The van der Waals surface area contributed by atoms with Crippen LogP contribution in [0.15, 0.2) is 24.3 Å². The molecule has 1 nitrogen and oxygen atoms in total. The van der Waals surface area contributed by atoms with Crippen LogP contribution in [0.5, 0.6) is 0 Å². The SMILES string of the molecule is CC(C)(C)c1cccc(C(F)(F)CN)c1. The van der Waals surface area contributed by atoms with E-state index in [-0.39, 0.29) is 11.0 Å². The average Bonchev–Trinajstić information content (AvgIpc) is 2.17. The minimum atomic E-state index is -2.93. The Kier molecular flexibility index (Phi) is 3.14. The van der Waals surface area contributed by atoms with E-state index >= 15 is 0 Å². The minimum Gasteiger partial charge on any atom is -0.325 e. The van der Waals surface area contributed by atoms with Gasteiger partial charge in [0.05, 0.1) is 6.54 Å². The number of hydrogen-bond acceptors (Lipinski definition) is 1. The van der Waals surface area contributed by atoms with Crippen LogP contribution in [0.4, 0.5) is 8.78 Å². The van der Waals surface area contributed by atoms with E-state index in [1.807, 2.05) is 26.8 Å². The van der Waals surface area contributed by atoms with E-state index in [9.17, 15) is 8.78 Å². The van der Waals surface area contributed by atoms with E-state index in [2.05, 4.69) is 0 Å². The zero-order valence-corrected chi connectivity index (χ0v) is 9.35. The van der Waals surface area contributed by atoms with E-state index in [1.54, 1.807) is 6.07 Å². The molecule has 0 saturated carbocycles. The van der Waals surface area contributed by atoms with Gasteiger partial charge in [0.25, 0.3) is 5.92 Å². The molecule has 84 valence electrons. The third kappa shape index (κ3) is 2.75. The summed E-state index contributed by atoms with van der Waals surface area (Å²) in [4.78, 5) is 0. The molecule has 15 heavy (non-hydrogen) atoms. The molecular weight excluding hydrogens is 196 g/mol. The lowest BCUT2D eigenvalue weighted by Gasteiger charge is -2.22. The molecule has 0 radical (unpaired) electrons. The average molecular weight is 213 g/mol. The maximum absolute atomic E-state index is 13.3. The quantitative estimate of drug-likeness (QED) is 0.802. The van der Waals surface area contributed by atoms with E-state index in [0.29, 0.717) is 0 Å². The summed E-state index contributed by atoms with van der Waals surface area (Å²) in [6.45, 7) is 5.33. The Balaban J connectivity index is 3.14. The normalized spacial score (nSPS) is 12.9. The summed E-state index contributed by atoms with van der Waals surface area (Å²) in [5.41, 5.74) is 5.82. The van der Waals surface area contributed by atoms with Crippen molar-refractivity contribution in [2.24, 2.45) is 5.73 Å². The lowest BCUT2D eigenvalue weighted by molar-refractivity contribution is 0.00583. The standard InChI is InChI=1S/C12H17F2N/c1-11(2,3)9-5-4-6-10(7-9)12(13,14)8-15/h4-7H,8,15H2,1-3H3. The monoisotopic (exact) mass is 213 g/mol. The zero-order chi connectivity index (χ0) is 11.7. The Labute approximate surface area is 89.3 Å². The highest BCUT2D eigenvalue weighted by molar-refractivity contribution is 5.31. The van der Waals surface area contributed by atoms with Crippen molar-refractivity contribution >= 4 is 0 Å². The molecule has 0 atom stereocenters. The molecule has 0 aliphatic heterocycles. The van der Waals surface area contributed by atoms with Crippen LogP contribution >= 0.6 is 0 Å². The third-order valence-corrected chi connectivity index (χ3v) is 2.41. The molecule has 0 saturated heterocycles. The summed E-state index contributed by atoms with van der Waals surface area (Å²) in [5.74, 6) is -2.93. The first-order chi connectivity index (χ1) is 6.77. The smallest absolute Gasteiger partial charge is 0.285 e. The van der Waals surface area contributed by atoms with Gasteiger partial charge in [-0.3, -0.25) is 0 Å². The Morgan fingerprint density at radius 2 is 1.67 bits per heavy atom. The first kappa shape index (κ1) is 12.1. The molecule has 0 aliphatic rings. The maximum Gasteiger partial charge on any atom is 0.285 e. The van der Waals surface area contributed by atoms with Gasteiger partial charge >= 0.3 is 0 Å². The first-order valence-electron chi connectivity index (χ1n) is 4.96. The van der Waals surface area contributed by atoms with Crippen LogP contribution in [-0.4, -0.2) is 6.54 Å². The van der Waals surface area contributed by atoms with Crippen LogP contribution in [0.3, 0.4) is 0 Å². The van der Waals surface area contributed by atoms with E-state index in [1.165, 1.54) is 12.1 Å². The zero-order valence-electron chi connectivity index (χ0n) is 9.35. The largest absolute Gasteiger partial charge is 0.325 e. The van der Waals surface area contributed by atoms with Gasteiger partial charge in [-0.2, -0.15) is 8.78 Å².